The highest BCUT2D eigenvalue weighted by Crippen LogP contribution is 2.43. The van der Waals surface area contributed by atoms with Crippen LogP contribution < -0.4 is 10.5 Å². The Hall–Kier alpha value is -1.69. The van der Waals surface area contributed by atoms with Crippen molar-refractivity contribution in [3.8, 4) is 5.75 Å². The zero-order valence-corrected chi connectivity index (χ0v) is 12.7. The quantitative estimate of drug-likeness (QED) is 0.493. The number of nitrogens with two attached hydrogens (primary N) is 1. The van der Waals surface area contributed by atoms with Crippen molar-refractivity contribution in [3.05, 3.63) is 61.1 Å². The molecular formula is C13H9Cl3N2O3. The molecular weight excluding hydrogens is 339 g/mol. The molecule has 0 aliphatic rings. The lowest BCUT2D eigenvalue weighted by Crippen LogP contribution is -2.03. The Labute approximate surface area is 135 Å². The highest BCUT2D eigenvalue weighted by molar-refractivity contribution is 6.43. The topological polar surface area (TPSA) is 78.4 Å². The average molecular weight is 348 g/mol. The van der Waals surface area contributed by atoms with Crippen molar-refractivity contribution < 1.29 is 9.66 Å². The largest absolute Gasteiger partial charge is 0.485 e. The zero-order chi connectivity index (χ0) is 15.6. The molecule has 0 spiro atoms. The number of halogens is 3. The van der Waals surface area contributed by atoms with E-state index < -0.39 is 4.92 Å². The third-order valence-electron chi connectivity index (χ3n) is 2.69. The lowest BCUT2D eigenvalue weighted by atomic mass is 10.2. The summed E-state index contributed by atoms with van der Waals surface area (Å²) in [5.41, 5.74) is 6.00. The molecule has 0 aromatic heterocycles. The van der Waals surface area contributed by atoms with Crippen LogP contribution in [0.1, 0.15) is 5.56 Å². The third-order valence-corrected chi connectivity index (χ3v) is 3.71. The van der Waals surface area contributed by atoms with E-state index in [0.29, 0.717) is 5.02 Å². The average Bonchev–Trinajstić information content (AvgIpc) is 2.44. The van der Waals surface area contributed by atoms with Gasteiger partial charge in [0.15, 0.2) is 11.4 Å². The lowest BCUT2D eigenvalue weighted by Gasteiger charge is -2.12. The standard InChI is InChI=1S/C13H9Cl3N2O3/c14-8-3-1-7(2-4-8)6-21-13-11(16)9(15)5-10(12(13)17)18(19)20/h1-5H,6,17H2. The van der Waals surface area contributed by atoms with Gasteiger partial charge in [-0.2, -0.15) is 0 Å². The lowest BCUT2D eigenvalue weighted by molar-refractivity contribution is -0.383. The van der Waals surface area contributed by atoms with Gasteiger partial charge in [0.1, 0.15) is 11.6 Å². The number of nitro benzene ring substituents is 1. The van der Waals surface area contributed by atoms with Crippen LogP contribution >= 0.6 is 34.8 Å². The molecule has 5 nitrogen and oxygen atoms in total. The summed E-state index contributed by atoms with van der Waals surface area (Å²) in [4.78, 5) is 10.3. The molecule has 0 unspecified atom stereocenters. The Morgan fingerprint density at radius 3 is 2.38 bits per heavy atom. The molecule has 21 heavy (non-hydrogen) atoms. The Morgan fingerprint density at radius 2 is 1.81 bits per heavy atom. The van der Waals surface area contributed by atoms with Crippen LogP contribution in [-0.4, -0.2) is 4.92 Å². The van der Waals surface area contributed by atoms with E-state index in [1.165, 1.54) is 0 Å². The van der Waals surface area contributed by atoms with E-state index in [1.54, 1.807) is 24.3 Å². The van der Waals surface area contributed by atoms with E-state index in [4.69, 9.17) is 45.3 Å². The van der Waals surface area contributed by atoms with E-state index in [9.17, 15) is 10.1 Å². The van der Waals surface area contributed by atoms with Gasteiger partial charge in [0.2, 0.25) is 0 Å². The molecule has 0 fully saturated rings. The highest BCUT2D eigenvalue weighted by atomic mass is 35.5. The number of nitrogens with zero attached hydrogens (tertiary/aromatic N) is 1. The van der Waals surface area contributed by atoms with Crippen LogP contribution in [0.3, 0.4) is 0 Å². The first-order valence-electron chi connectivity index (χ1n) is 5.69. The molecule has 0 saturated carbocycles. The smallest absolute Gasteiger partial charge is 0.297 e. The molecule has 2 aromatic rings. The van der Waals surface area contributed by atoms with Gasteiger partial charge in [0.25, 0.3) is 5.69 Å². The van der Waals surface area contributed by atoms with E-state index >= 15 is 0 Å². The van der Waals surface area contributed by atoms with Crippen molar-refractivity contribution in [1.29, 1.82) is 0 Å². The first kappa shape index (κ1) is 15.7. The Morgan fingerprint density at radius 1 is 1.19 bits per heavy atom. The number of anilines is 1. The van der Waals surface area contributed by atoms with E-state index in [2.05, 4.69) is 0 Å². The SMILES string of the molecule is Nc1c([N+](=O)[O-])cc(Cl)c(Cl)c1OCc1ccc(Cl)cc1. The minimum absolute atomic E-state index is 0.00340. The molecule has 0 heterocycles. The second kappa shape index (κ2) is 6.39. The predicted octanol–water partition coefficient (Wildman–Crippen LogP) is 4.72. The van der Waals surface area contributed by atoms with Crippen LogP contribution in [0.5, 0.6) is 5.75 Å². The summed E-state index contributed by atoms with van der Waals surface area (Å²) in [7, 11) is 0. The van der Waals surface area contributed by atoms with Gasteiger partial charge in [-0.1, -0.05) is 46.9 Å². The Balaban J connectivity index is 2.31. The van der Waals surface area contributed by atoms with Crippen LogP contribution in [0.15, 0.2) is 30.3 Å². The fourth-order valence-corrected chi connectivity index (χ4v) is 2.16. The predicted molar refractivity (Wildman–Crippen MR) is 83.3 cm³/mol. The minimum Gasteiger partial charge on any atom is -0.485 e. The highest BCUT2D eigenvalue weighted by Gasteiger charge is 2.22. The fourth-order valence-electron chi connectivity index (χ4n) is 1.63. The minimum atomic E-state index is -0.646. The molecule has 0 amide bonds. The number of ether oxygens (including phenoxy) is 1. The van der Waals surface area contributed by atoms with Crippen molar-refractivity contribution in [1.82, 2.24) is 0 Å². The summed E-state index contributed by atoms with van der Waals surface area (Å²) in [5, 5.41) is 11.5. The number of rotatable bonds is 4. The zero-order valence-electron chi connectivity index (χ0n) is 10.5. The second-order valence-electron chi connectivity index (χ2n) is 4.11. The van der Waals surface area contributed by atoms with Gasteiger partial charge >= 0.3 is 0 Å². The normalized spacial score (nSPS) is 10.4. The first-order chi connectivity index (χ1) is 9.90. The van der Waals surface area contributed by atoms with Gasteiger partial charge in [-0.05, 0) is 17.7 Å². The third kappa shape index (κ3) is 3.50. The maximum absolute atomic E-state index is 10.9. The Bertz CT molecular complexity index is 690. The van der Waals surface area contributed by atoms with E-state index in [0.717, 1.165) is 11.6 Å². The van der Waals surface area contributed by atoms with Crippen LogP contribution in [0, 0.1) is 10.1 Å². The molecule has 2 rings (SSSR count). The van der Waals surface area contributed by atoms with E-state index in [1.807, 2.05) is 0 Å². The van der Waals surface area contributed by atoms with Gasteiger partial charge < -0.3 is 10.5 Å². The molecule has 0 aliphatic carbocycles. The summed E-state index contributed by atoms with van der Waals surface area (Å²) >= 11 is 17.6. The molecule has 2 N–H and O–H groups in total. The molecule has 0 bridgehead atoms. The van der Waals surface area contributed by atoms with Gasteiger partial charge in [-0.15, -0.1) is 0 Å². The van der Waals surface area contributed by atoms with Crippen molar-refractivity contribution in [2.45, 2.75) is 6.61 Å². The summed E-state index contributed by atoms with van der Waals surface area (Å²) in [6.07, 6.45) is 0. The van der Waals surface area contributed by atoms with Crippen LogP contribution in [-0.2, 0) is 6.61 Å². The number of nitrogen functional groups attached to an aromatic ring is 1. The summed E-state index contributed by atoms with van der Waals surface area (Å²) in [6, 6.07) is 8.00. The van der Waals surface area contributed by atoms with E-state index in [-0.39, 0.29) is 33.8 Å². The molecule has 0 aliphatic heterocycles. The van der Waals surface area contributed by atoms with Crippen LogP contribution in [0.25, 0.3) is 0 Å². The van der Waals surface area contributed by atoms with Crippen LogP contribution in [0.2, 0.25) is 15.1 Å². The fraction of sp³-hybridized carbons (Fsp3) is 0.0769. The molecule has 110 valence electrons. The molecule has 0 saturated heterocycles. The summed E-state index contributed by atoms with van der Waals surface area (Å²) in [5.74, 6) is -0.00850. The van der Waals surface area contributed by atoms with Gasteiger partial charge in [0, 0.05) is 11.1 Å². The molecule has 0 radical (unpaired) electrons. The number of hydrogen-bond acceptors (Lipinski definition) is 4. The summed E-state index contributed by atoms with van der Waals surface area (Å²) in [6.45, 7) is 0.124. The Kier molecular flexibility index (Phi) is 4.77. The second-order valence-corrected chi connectivity index (χ2v) is 5.33. The van der Waals surface area contributed by atoms with Gasteiger partial charge in [0.05, 0.1) is 9.95 Å². The number of benzene rings is 2. The van der Waals surface area contributed by atoms with Crippen molar-refractivity contribution in [2.24, 2.45) is 0 Å². The van der Waals surface area contributed by atoms with Crippen LogP contribution in [0.4, 0.5) is 11.4 Å². The molecule has 2 aromatic carbocycles. The monoisotopic (exact) mass is 346 g/mol. The number of hydrogen-bond donors (Lipinski definition) is 1. The number of nitro groups is 1. The maximum atomic E-state index is 10.9. The first-order valence-corrected chi connectivity index (χ1v) is 6.82. The molecule has 8 heteroatoms. The molecule has 0 atom stereocenters. The maximum Gasteiger partial charge on any atom is 0.297 e. The van der Waals surface area contributed by atoms with Gasteiger partial charge in [-0.25, -0.2) is 0 Å². The van der Waals surface area contributed by atoms with Crippen molar-refractivity contribution in [3.63, 3.8) is 0 Å². The van der Waals surface area contributed by atoms with Crippen molar-refractivity contribution in [2.75, 3.05) is 5.73 Å². The van der Waals surface area contributed by atoms with Crippen molar-refractivity contribution >= 4 is 46.2 Å². The summed E-state index contributed by atoms with van der Waals surface area (Å²) < 4.78 is 5.48. The van der Waals surface area contributed by atoms with Gasteiger partial charge in [-0.3, -0.25) is 10.1 Å².